The van der Waals surface area contributed by atoms with Crippen molar-refractivity contribution in [1.29, 1.82) is 0 Å². The van der Waals surface area contributed by atoms with Gasteiger partial charge in [0.1, 0.15) is 11.8 Å². The lowest BCUT2D eigenvalue weighted by Crippen LogP contribution is -2.51. The van der Waals surface area contributed by atoms with Crippen LogP contribution >= 0.6 is 0 Å². The molecule has 0 saturated heterocycles. The third-order valence-electron chi connectivity index (χ3n) is 4.29. The molecule has 2 amide bonds. The quantitative estimate of drug-likeness (QED) is 0.847. The summed E-state index contributed by atoms with van der Waals surface area (Å²) < 4.78 is 5.08. The van der Waals surface area contributed by atoms with Crippen LogP contribution in [0.1, 0.15) is 49.9 Å². The van der Waals surface area contributed by atoms with Crippen molar-refractivity contribution in [3.05, 3.63) is 29.8 Å². The van der Waals surface area contributed by atoms with Crippen LogP contribution in [0.5, 0.6) is 5.75 Å². The van der Waals surface area contributed by atoms with E-state index in [0.717, 1.165) is 25.7 Å². The van der Waals surface area contributed by atoms with Crippen LogP contribution in [0.2, 0.25) is 0 Å². The smallest absolute Gasteiger partial charge is 0.251 e. The number of carbonyl (C=O) groups excluding carboxylic acids is 2. The molecule has 0 aliphatic heterocycles. The molecule has 0 heterocycles. The first-order valence-corrected chi connectivity index (χ1v) is 8.26. The van der Waals surface area contributed by atoms with Gasteiger partial charge in [-0.05, 0) is 43.0 Å². The van der Waals surface area contributed by atoms with Crippen LogP contribution in [0, 0.1) is 5.92 Å². The van der Waals surface area contributed by atoms with Crippen LogP contribution in [-0.4, -0.2) is 31.0 Å². The van der Waals surface area contributed by atoms with Crippen molar-refractivity contribution in [2.45, 2.75) is 51.6 Å². The summed E-state index contributed by atoms with van der Waals surface area (Å²) in [4.78, 5) is 24.8. The van der Waals surface area contributed by atoms with Gasteiger partial charge in [0.05, 0.1) is 7.11 Å². The number of hydrogen-bond acceptors (Lipinski definition) is 3. The number of amides is 2. The molecule has 1 aliphatic rings. The second-order valence-corrected chi connectivity index (χ2v) is 6.41. The SMILES string of the molecule is COc1ccc(C(=O)NC(C(=O)NC2CCCC2)C(C)C)cc1. The van der Waals surface area contributed by atoms with Gasteiger partial charge in [-0.1, -0.05) is 26.7 Å². The van der Waals surface area contributed by atoms with Crippen LogP contribution in [0.3, 0.4) is 0 Å². The first-order valence-electron chi connectivity index (χ1n) is 8.26. The molecule has 0 radical (unpaired) electrons. The minimum absolute atomic E-state index is 0.0265. The Balaban J connectivity index is 1.99. The van der Waals surface area contributed by atoms with E-state index in [0.29, 0.717) is 11.3 Å². The van der Waals surface area contributed by atoms with Gasteiger partial charge in [-0.25, -0.2) is 0 Å². The summed E-state index contributed by atoms with van der Waals surface area (Å²) in [5.41, 5.74) is 0.519. The number of methoxy groups -OCH3 is 1. The molecule has 2 N–H and O–H groups in total. The molecule has 1 aromatic carbocycles. The summed E-state index contributed by atoms with van der Waals surface area (Å²) in [5, 5.41) is 5.91. The van der Waals surface area contributed by atoms with Crippen LogP contribution in [0.4, 0.5) is 0 Å². The highest BCUT2D eigenvalue weighted by Crippen LogP contribution is 2.18. The topological polar surface area (TPSA) is 67.4 Å². The molecule has 1 aliphatic carbocycles. The summed E-state index contributed by atoms with van der Waals surface area (Å²) in [6.45, 7) is 3.88. The average Bonchev–Trinajstić information content (AvgIpc) is 3.04. The molecule has 0 spiro atoms. The standard InChI is InChI=1S/C18H26N2O3/c1-12(2)16(18(22)19-14-6-4-5-7-14)20-17(21)13-8-10-15(23-3)11-9-13/h8-12,14,16H,4-7H2,1-3H3,(H,19,22)(H,20,21). The molecule has 1 atom stereocenters. The number of rotatable bonds is 6. The molecule has 23 heavy (non-hydrogen) atoms. The summed E-state index contributed by atoms with van der Waals surface area (Å²) in [6.07, 6.45) is 4.39. The summed E-state index contributed by atoms with van der Waals surface area (Å²) in [5.74, 6) is 0.390. The Hall–Kier alpha value is -2.04. The Labute approximate surface area is 137 Å². The van der Waals surface area contributed by atoms with Gasteiger partial charge in [0.2, 0.25) is 5.91 Å². The highest BCUT2D eigenvalue weighted by molar-refractivity contribution is 5.97. The fourth-order valence-electron chi connectivity index (χ4n) is 2.86. The van der Waals surface area contributed by atoms with E-state index in [4.69, 9.17) is 4.74 Å². The minimum atomic E-state index is -0.523. The van der Waals surface area contributed by atoms with Gasteiger partial charge >= 0.3 is 0 Å². The molecule has 5 nitrogen and oxygen atoms in total. The predicted molar refractivity (Wildman–Crippen MR) is 89.5 cm³/mol. The largest absolute Gasteiger partial charge is 0.497 e. The average molecular weight is 318 g/mol. The molecule has 1 aromatic rings. The lowest BCUT2D eigenvalue weighted by Gasteiger charge is -2.24. The zero-order chi connectivity index (χ0) is 16.8. The molecule has 5 heteroatoms. The van der Waals surface area contributed by atoms with Gasteiger partial charge < -0.3 is 15.4 Å². The van der Waals surface area contributed by atoms with Crippen molar-refractivity contribution < 1.29 is 14.3 Å². The normalized spacial score (nSPS) is 16.2. The number of hydrogen-bond donors (Lipinski definition) is 2. The van der Waals surface area contributed by atoms with E-state index in [1.54, 1.807) is 31.4 Å². The Morgan fingerprint density at radius 2 is 1.74 bits per heavy atom. The third-order valence-corrected chi connectivity index (χ3v) is 4.29. The van der Waals surface area contributed by atoms with Gasteiger partial charge in [0.25, 0.3) is 5.91 Å². The molecule has 1 unspecified atom stereocenters. The first kappa shape index (κ1) is 17.3. The van der Waals surface area contributed by atoms with E-state index < -0.39 is 6.04 Å². The lowest BCUT2D eigenvalue weighted by atomic mass is 10.0. The van der Waals surface area contributed by atoms with Crippen molar-refractivity contribution in [3.8, 4) is 5.75 Å². The Morgan fingerprint density at radius 1 is 1.13 bits per heavy atom. The van der Waals surface area contributed by atoms with Crippen LogP contribution in [0.15, 0.2) is 24.3 Å². The van der Waals surface area contributed by atoms with E-state index in [9.17, 15) is 9.59 Å². The zero-order valence-corrected chi connectivity index (χ0v) is 14.1. The minimum Gasteiger partial charge on any atom is -0.497 e. The van der Waals surface area contributed by atoms with Gasteiger partial charge in [0.15, 0.2) is 0 Å². The van der Waals surface area contributed by atoms with Crippen molar-refractivity contribution in [2.75, 3.05) is 7.11 Å². The number of carbonyl (C=O) groups is 2. The van der Waals surface area contributed by atoms with E-state index in [1.165, 1.54) is 0 Å². The van der Waals surface area contributed by atoms with Gasteiger partial charge in [-0.3, -0.25) is 9.59 Å². The fraction of sp³-hybridized carbons (Fsp3) is 0.556. The molecule has 1 fully saturated rings. The number of nitrogens with one attached hydrogen (secondary N) is 2. The van der Waals surface area contributed by atoms with E-state index >= 15 is 0 Å². The van der Waals surface area contributed by atoms with Gasteiger partial charge in [-0.2, -0.15) is 0 Å². The molecule has 126 valence electrons. The first-order chi connectivity index (χ1) is 11.0. The zero-order valence-electron chi connectivity index (χ0n) is 14.1. The number of ether oxygens (including phenoxy) is 1. The summed E-state index contributed by atoms with van der Waals surface area (Å²) >= 11 is 0. The Kier molecular flexibility index (Phi) is 6.02. The third kappa shape index (κ3) is 4.71. The van der Waals surface area contributed by atoms with Crippen LogP contribution in [-0.2, 0) is 4.79 Å². The van der Waals surface area contributed by atoms with E-state index in [-0.39, 0.29) is 23.8 Å². The molecule has 2 rings (SSSR count). The van der Waals surface area contributed by atoms with Gasteiger partial charge in [-0.15, -0.1) is 0 Å². The molecular weight excluding hydrogens is 292 g/mol. The van der Waals surface area contributed by atoms with E-state index in [1.807, 2.05) is 13.8 Å². The fourth-order valence-corrected chi connectivity index (χ4v) is 2.86. The Bertz CT molecular complexity index is 534. The maximum Gasteiger partial charge on any atom is 0.251 e. The van der Waals surface area contributed by atoms with Crippen molar-refractivity contribution in [2.24, 2.45) is 5.92 Å². The van der Waals surface area contributed by atoms with E-state index in [2.05, 4.69) is 10.6 Å². The summed E-state index contributed by atoms with van der Waals surface area (Å²) in [7, 11) is 1.58. The second-order valence-electron chi connectivity index (χ2n) is 6.41. The maximum absolute atomic E-state index is 12.5. The van der Waals surface area contributed by atoms with Crippen molar-refractivity contribution in [1.82, 2.24) is 10.6 Å². The Morgan fingerprint density at radius 3 is 2.26 bits per heavy atom. The van der Waals surface area contributed by atoms with Crippen molar-refractivity contribution in [3.63, 3.8) is 0 Å². The van der Waals surface area contributed by atoms with Gasteiger partial charge in [0, 0.05) is 11.6 Å². The molecule has 0 bridgehead atoms. The lowest BCUT2D eigenvalue weighted by molar-refractivity contribution is -0.124. The molecular formula is C18H26N2O3. The van der Waals surface area contributed by atoms with Crippen LogP contribution < -0.4 is 15.4 Å². The molecule has 1 saturated carbocycles. The highest BCUT2D eigenvalue weighted by Gasteiger charge is 2.27. The summed E-state index contributed by atoms with van der Waals surface area (Å²) in [6, 6.07) is 6.59. The monoisotopic (exact) mass is 318 g/mol. The second kappa shape index (κ2) is 7.99. The highest BCUT2D eigenvalue weighted by atomic mass is 16.5. The predicted octanol–water partition coefficient (Wildman–Crippen LogP) is 2.51. The van der Waals surface area contributed by atoms with Crippen LogP contribution in [0.25, 0.3) is 0 Å². The maximum atomic E-state index is 12.5. The molecule has 0 aromatic heterocycles. The van der Waals surface area contributed by atoms with Crippen molar-refractivity contribution >= 4 is 11.8 Å². The number of benzene rings is 1.